The van der Waals surface area contributed by atoms with E-state index in [9.17, 15) is 0 Å². The van der Waals surface area contributed by atoms with Gasteiger partial charge >= 0.3 is 0 Å². The van der Waals surface area contributed by atoms with E-state index >= 15 is 0 Å². The standard InChI is InChI=1S/C11H13N3OS2/c12-17-9-3-1-2-8-10(9)13-11(16-8)14-4-6-15-7-5-14/h1-3H,4-7,12H2. The van der Waals surface area contributed by atoms with E-state index in [1.807, 2.05) is 12.1 Å². The average Bonchev–Trinajstić information content (AvgIpc) is 2.83. The van der Waals surface area contributed by atoms with Gasteiger partial charge in [0.05, 0.1) is 23.4 Å². The number of morpholine rings is 1. The highest BCUT2D eigenvalue weighted by molar-refractivity contribution is 7.97. The Labute approximate surface area is 108 Å². The van der Waals surface area contributed by atoms with Gasteiger partial charge < -0.3 is 9.64 Å². The number of benzene rings is 1. The fraction of sp³-hybridized carbons (Fsp3) is 0.364. The van der Waals surface area contributed by atoms with Crippen LogP contribution in [-0.4, -0.2) is 31.3 Å². The average molecular weight is 267 g/mol. The summed E-state index contributed by atoms with van der Waals surface area (Å²) in [4.78, 5) is 8.01. The summed E-state index contributed by atoms with van der Waals surface area (Å²) in [6.45, 7) is 3.42. The van der Waals surface area contributed by atoms with Gasteiger partial charge in [0.1, 0.15) is 0 Å². The normalized spacial score (nSPS) is 16.6. The first-order valence-corrected chi connectivity index (χ1v) is 7.17. The van der Waals surface area contributed by atoms with Crippen molar-refractivity contribution in [1.82, 2.24) is 4.98 Å². The van der Waals surface area contributed by atoms with E-state index in [2.05, 4.69) is 11.0 Å². The van der Waals surface area contributed by atoms with Crippen LogP contribution >= 0.6 is 23.3 Å². The third-order valence-corrected chi connectivity index (χ3v) is 4.44. The first-order chi connectivity index (χ1) is 8.38. The highest BCUT2D eigenvalue weighted by Crippen LogP contribution is 2.33. The molecule has 0 amide bonds. The van der Waals surface area contributed by atoms with E-state index in [1.54, 1.807) is 11.3 Å². The van der Waals surface area contributed by atoms with E-state index in [0.717, 1.165) is 41.8 Å². The number of nitrogens with two attached hydrogens (primary N) is 1. The maximum absolute atomic E-state index is 5.65. The van der Waals surface area contributed by atoms with Crippen molar-refractivity contribution in [2.24, 2.45) is 5.14 Å². The molecule has 2 aromatic rings. The molecule has 1 aromatic carbocycles. The fourth-order valence-electron chi connectivity index (χ4n) is 1.90. The summed E-state index contributed by atoms with van der Waals surface area (Å²) in [6.07, 6.45) is 0. The molecule has 0 radical (unpaired) electrons. The first-order valence-electron chi connectivity index (χ1n) is 5.47. The van der Waals surface area contributed by atoms with Crippen molar-refractivity contribution in [2.75, 3.05) is 31.2 Å². The van der Waals surface area contributed by atoms with E-state index in [0.29, 0.717) is 0 Å². The third-order valence-electron chi connectivity index (χ3n) is 2.78. The minimum absolute atomic E-state index is 0.786. The van der Waals surface area contributed by atoms with Gasteiger partial charge in [-0.15, -0.1) is 0 Å². The van der Waals surface area contributed by atoms with Gasteiger partial charge in [-0.3, -0.25) is 5.14 Å². The van der Waals surface area contributed by atoms with E-state index in [1.165, 1.54) is 16.6 Å². The molecule has 0 aliphatic carbocycles. The maximum atomic E-state index is 5.65. The van der Waals surface area contributed by atoms with Crippen molar-refractivity contribution in [1.29, 1.82) is 0 Å². The predicted octanol–water partition coefficient (Wildman–Crippen LogP) is 2.10. The number of para-hydroxylation sites is 1. The summed E-state index contributed by atoms with van der Waals surface area (Å²) in [5, 5.41) is 6.73. The van der Waals surface area contributed by atoms with E-state index < -0.39 is 0 Å². The Kier molecular flexibility index (Phi) is 3.19. The van der Waals surface area contributed by atoms with Gasteiger partial charge in [-0.05, 0) is 24.1 Å². The van der Waals surface area contributed by atoms with Crippen molar-refractivity contribution in [3.05, 3.63) is 18.2 Å². The van der Waals surface area contributed by atoms with Crippen LogP contribution in [0.4, 0.5) is 5.13 Å². The molecule has 2 N–H and O–H groups in total. The minimum atomic E-state index is 0.786. The second-order valence-electron chi connectivity index (χ2n) is 3.82. The Morgan fingerprint density at radius 1 is 1.35 bits per heavy atom. The maximum Gasteiger partial charge on any atom is 0.186 e. The number of hydrogen-bond acceptors (Lipinski definition) is 6. The van der Waals surface area contributed by atoms with Gasteiger partial charge in [0.15, 0.2) is 5.13 Å². The summed E-state index contributed by atoms with van der Waals surface area (Å²) in [7, 11) is 0. The number of aromatic nitrogens is 1. The summed E-state index contributed by atoms with van der Waals surface area (Å²) in [6, 6.07) is 6.13. The summed E-state index contributed by atoms with van der Waals surface area (Å²) < 4.78 is 6.55. The molecule has 90 valence electrons. The predicted molar refractivity (Wildman–Crippen MR) is 72.7 cm³/mol. The van der Waals surface area contributed by atoms with Crippen LogP contribution in [0.3, 0.4) is 0 Å². The van der Waals surface area contributed by atoms with Gasteiger partial charge in [0.2, 0.25) is 0 Å². The lowest BCUT2D eigenvalue weighted by molar-refractivity contribution is 0.122. The number of nitrogens with zero attached hydrogens (tertiary/aromatic N) is 2. The Balaban J connectivity index is 2.00. The number of thiazole rings is 1. The largest absolute Gasteiger partial charge is 0.378 e. The Bertz CT molecular complexity index is 522. The second-order valence-corrected chi connectivity index (χ2v) is 5.50. The molecule has 1 fully saturated rings. The molecule has 0 atom stereocenters. The highest BCUT2D eigenvalue weighted by atomic mass is 32.2. The lowest BCUT2D eigenvalue weighted by Gasteiger charge is -2.25. The third kappa shape index (κ3) is 2.13. The van der Waals surface area contributed by atoms with Crippen LogP contribution in [0.1, 0.15) is 0 Å². The Hall–Kier alpha value is -0.820. The van der Waals surface area contributed by atoms with Crippen LogP contribution in [0.15, 0.2) is 23.1 Å². The molecule has 1 aromatic heterocycles. The number of ether oxygens (including phenoxy) is 1. The van der Waals surface area contributed by atoms with Crippen LogP contribution in [0, 0.1) is 0 Å². The fourth-order valence-corrected chi connectivity index (χ4v) is 3.43. The highest BCUT2D eigenvalue weighted by Gasteiger charge is 2.16. The van der Waals surface area contributed by atoms with Crippen molar-refractivity contribution in [3.63, 3.8) is 0 Å². The molecule has 6 heteroatoms. The van der Waals surface area contributed by atoms with Crippen LogP contribution in [0.2, 0.25) is 0 Å². The molecule has 0 spiro atoms. The monoisotopic (exact) mass is 267 g/mol. The van der Waals surface area contributed by atoms with Crippen molar-refractivity contribution < 1.29 is 4.74 Å². The zero-order chi connectivity index (χ0) is 11.7. The minimum Gasteiger partial charge on any atom is -0.378 e. The van der Waals surface area contributed by atoms with Gasteiger partial charge in [-0.1, -0.05) is 17.4 Å². The molecule has 1 aliphatic heterocycles. The molecule has 1 aliphatic rings. The molecule has 2 heterocycles. The Morgan fingerprint density at radius 3 is 2.94 bits per heavy atom. The molecule has 3 rings (SSSR count). The van der Waals surface area contributed by atoms with Gasteiger partial charge in [0.25, 0.3) is 0 Å². The van der Waals surface area contributed by atoms with Crippen molar-refractivity contribution >= 4 is 38.6 Å². The van der Waals surface area contributed by atoms with Gasteiger partial charge in [0, 0.05) is 18.0 Å². The second kappa shape index (κ2) is 4.81. The quantitative estimate of drug-likeness (QED) is 0.844. The van der Waals surface area contributed by atoms with Crippen molar-refractivity contribution in [2.45, 2.75) is 4.90 Å². The SMILES string of the molecule is NSc1cccc2sc(N3CCOCC3)nc12. The van der Waals surface area contributed by atoms with Crippen LogP contribution < -0.4 is 10.0 Å². The molecule has 0 unspecified atom stereocenters. The molecular formula is C11H13N3OS2. The molecule has 4 nitrogen and oxygen atoms in total. The molecule has 17 heavy (non-hydrogen) atoms. The van der Waals surface area contributed by atoms with Crippen LogP contribution in [-0.2, 0) is 4.74 Å². The number of fused-ring (bicyclic) bond motifs is 1. The van der Waals surface area contributed by atoms with Crippen LogP contribution in [0.5, 0.6) is 0 Å². The first kappa shape index (κ1) is 11.3. The lowest BCUT2D eigenvalue weighted by atomic mass is 10.3. The molecular weight excluding hydrogens is 254 g/mol. The van der Waals surface area contributed by atoms with Gasteiger partial charge in [-0.25, -0.2) is 4.98 Å². The van der Waals surface area contributed by atoms with Gasteiger partial charge in [-0.2, -0.15) is 0 Å². The zero-order valence-corrected chi connectivity index (χ0v) is 10.9. The molecule has 0 saturated carbocycles. The summed E-state index contributed by atoms with van der Waals surface area (Å²) >= 11 is 2.98. The molecule has 0 bridgehead atoms. The molecule has 1 saturated heterocycles. The number of rotatable bonds is 2. The smallest absolute Gasteiger partial charge is 0.186 e. The summed E-state index contributed by atoms with van der Waals surface area (Å²) in [5.74, 6) is 0. The summed E-state index contributed by atoms with van der Waals surface area (Å²) in [5.41, 5.74) is 1.02. The van der Waals surface area contributed by atoms with Crippen LogP contribution in [0.25, 0.3) is 10.2 Å². The number of hydrogen-bond donors (Lipinski definition) is 1. The lowest BCUT2D eigenvalue weighted by Crippen LogP contribution is -2.36. The van der Waals surface area contributed by atoms with E-state index in [-0.39, 0.29) is 0 Å². The van der Waals surface area contributed by atoms with Crippen molar-refractivity contribution in [3.8, 4) is 0 Å². The number of anilines is 1. The van der Waals surface area contributed by atoms with E-state index in [4.69, 9.17) is 14.9 Å². The Morgan fingerprint density at radius 2 is 2.18 bits per heavy atom. The zero-order valence-electron chi connectivity index (χ0n) is 9.26. The topological polar surface area (TPSA) is 51.4 Å².